The molecule has 0 unspecified atom stereocenters. The van der Waals surface area contributed by atoms with E-state index in [1.807, 2.05) is 0 Å². The Bertz CT molecular complexity index is 186. The second-order valence-corrected chi connectivity index (χ2v) is 2.10. The Morgan fingerprint density at radius 2 is 1.91 bits per heavy atom. The largest absolute Gasteiger partial charge is 0.289 e. The molecule has 0 aromatic carbocycles. The first-order chi connectivity index (χ1) is 5.25. The number of hydrogen-bond acceptors (Lipinski definition) is 4. The van der Waals surface area contributed by atoms with Gasteiger partial charge in [0.05, 0.1) is 6.54 Å². The van der Waals surface area contributed by atoms with Gasteiger partial charge in [0, 0.05) is 12.8 Å². The molecule has 0 atom stereocenters. The van der Waals surface area contributed by atoms with Gasteiger partial charge < -0.3 is 0 Å². The standard InChI is InChI=1S/C6H7N2O3/c9-4-3-7-8-5(10)1-2-6(8)11/h7H,1-3H2. The zero-order chi connectivity index (χ0) is 8.27. The molecule has 1 aliphatic rings. The smallest absolute Gasteiger partial charge is 0.244 e. The second-order valence-electron chi connectivity index (χ2n) is 2.10. The van der Waals surface area contributed by atoms with E-state index in [0.717, 1.165) is 5.01 Å². The molecule has 0 bridgehead atoms. The molecule has 59 valence electrons. The van der Waals surface area contributed by atoms with Crippen molar-refractivity contribution in [1.82, 2.24) is 10.4 Å². The Balaban J connectivity index is 2.47. The first-order valence-corrected chi connectivity index (χ1v) is 3.20. The molecule has 5 nitrogen and oxygen atoms in total. The van der Waals surface area contributed by atoms with Crippen LogP contribution < -0.4 is 5.43 Å². The molecule has 1 saturated heterocycles. The minimum atomic E-state index is -0.287. The predicted molar refractivity (Wildman–Crippen MR) is 34.8 cm³/mol. The van der Waals surface area contributed by atoms with E-state index < -0.39 is 0 Å². The van der Waals surface area contributed by atoms with Crippen molar-refractivity contribution in [3.05, 3.63) is 0 Å². The van der Waals surface area contributed by atoms with Crippen LogP contribution in [0, 0.1) is 0 Å². The van der Waals surface area contributed by atoms with Crippen molar-refractivity contribution in [2.45, 2.75) is 12.8 Å². The first-order valence-electron chi connectivity index (χ1n) is 3.20. The van der Waals surface area contributed by atoms with E-state index in [4.69, 9.17) is 0 Å². The van der Waals surface area contributed by atoms with Crippen molar-refractivity contribution in [1.29, 1.82) is 0 Å². The van der Waals surface area contributed by atoms with Gasteiger partial charge >= 0.3 is 0 Å². The van der Waals surface area contributed by atoms with Gasteiger partial charge in [-0.1, -0.05) is 0 Å². The highest BCUT2D eigenvalue weighted by molar-refractivity contribution is 6.01. The Hall–Kier alpha value is -1.23. The molecule has 0 aromatic rings. The van der Waals surface area contributed by atoms with E-state index >= 15 is 0 Å². The number of imide groups is 1. The Morgan fingerprint density at radius 3 is 2.36 bits per heavy atom. The summed E-state index contributed by atoms with van der Waals surface area (Å²) in [6, 6.07) is 0. The van der Waals surface area contributed by atoms with Gasteiger partial charge in [-0.3, -0.25) is 14.4 Å². The van der Waals surface area contributed by atoms with Crippen LogP contribution >= 0.6 is 0 Å². The van der Waals surface area contributed by atoms with E-state index in [2.05, 4.69) is 5.43 Å². The number of nitrogens with one attached hydrogen (secondary N) is 1. The molecule has 1 fully saturated rings. The zero-order valence-corrected chi connectivity index (χ0v) is 5.79. The van der Waals surface area contributed by atoms with Gasteiger partial charge in [0.1, 0.15) is 0 Å². The van der Waals surface area contributed by atoms with Crippen LogP contribution in [0.3, 0.4) is 0 Å². The van der Waals surface area contributed by atoms with E-state index in [-0.39, 0.29) is 31.2 Å². The van der Waals surface area contributed by atoms with Gasteiger partial charge in [0.15, 0.2) is 0 Å². The minimum absolute atomic E-state index is 0.128. The number of rotatable bonds is 3. The number of carbonyl (C=O) groups is 2. The summed E-state index contributed by atoms with van der Waals surface area (Å²) in [5.74, 6) is -0.574. The summed E-state index contributed by atoms with van der Waals surface area (Å²) in [5, 5.41) is 0.866. The molecule has 2 amide bonds. The van der Waals surface area contributed by atoms with Crippen LogP contribution in [0.25, 0.3) is 0 Å². The van der Waals surface area contributed by atoms with Gasteiger partial charge in [-0.15, -0.1) is 0 Å². The van der Waals surface area contributed by atoms with E-state index in [0.29, 0.717) is 0 Å². The van der Waals surface area contributed by atoms with Crippen molar-refractivity contribution in [2.24, 2.45) is 0 Å². The summed E-state index contributed by atoms with van der Waals surface area (Å²) >= 11 is 0. The van der Waals surface area contributed by atoms with E-state index in [1.54, 1.807) is 0 Å². The lowest BCUT2D eigenvalue weighted by atomic mass is 10.4. The summed E-state index contributed by atoms with van der Waals surface area (Å²) < 4.78 is 0. The van der Waals surface area contributed by atoms with Crippen molar-refractivity contribution < 1.29 is 14.4 Å². The lowest BCUT2D eigenvalue weighted by molar-refractivity contribution is -0.141. The van der Waals surface area contributed by atoms with Crippen molar-refractivity contribution in [3.63, 3.8) is 0 Å². The monoisotopic (exact) mass is 155 g/mol. The third-order valence-corrected chi connectivity index (χ3v) is 1.36. The summed E-state index contributed by atoms with van der Waals surface area (Å²) in [6.45, 7) is -0.128. The topological polar surface area (TPSA) is 66.5 Å². The maximum absolute atomic E-state index is 10.8. The van der Waals surface area contributed by atoms with Crippen LogP contribution in [0.5, 0.6) is 0 Å². The third kappa shape index (κ3) is 1.62. The van der Waals surface area contributed by atoms with Crippen LogP contribution in [-0.4, -0.2) is 29.7 Å². The van der Waals surface area contributed by atoms with E-state index in [1.165, 1.54) is 6.29 Å². The lowest BCUT2D eigenvalue weighted by Crippen LogP contribution is -2.42. The molecule has 0 aromatic heterocycles. The van der Waals surface area contributed by atoms with Gasteiger partial charge in [-0.05, 0) is 0 Å². The van der Waals surface area contributed by atoms with Crippen molar-refractivity contribution >= 4 is 18.1 Å². The molecule has 1 rings (SSSR count). The van der Waals surface area contributed by atoms with Gasteiger partial charge in [-0.2, -0.15) is 0 Å². The first kappa shape index (κ1) is 7.87. The predicted octanol–water partition coefficient (Wildman–Crippen LogP) is -1.25. The van der Waals surface area contributed by atoms with Gasteiger partial charge in [-0.25, -0.2) is 10.4 Å². The fourth-order valence-corrected chi connectivity index (χ4v) is 0.864. The molecule has 1 N–H and O–H groups in total. The zero-order valence-electron chi connectivity index (χ0n) is 5.79. The van der Waals surface area contributed by atoms with Crippen LogP contribution in [-0.2, 0) is 14.4 Å². The summed E-state index contributed by atoms with van der Waals surface area (Å²) in [5.41, 5.74) is 2.34. The Labute approximate surface area is 63.3 Å². The summed E-state index contributed by atoms with van der Waals surface area (Å²) in [7, 11) is 0. The summed E-state index contributed by atoms with van der Waals surface area (Å²) in [4.78, 5) is 31.3. The molecule has 1 radical (unpaired) electrons. The average molecular weight is 155 g/mol. The van der Waals surface area contributed by atoms with Crippen LogP contribution in [0.1, 0.15) is 12.8 Å². The lowest BCUT2D eigenvalue weighted by Gasteiger charge is -2.11. The molecule has 0 aliphatic carbocycles. The number of hydrazine groups is 1. The number of carbonyl (C=O) groups excluding carboxylic acids is 3. The maximum Gasteiger partial charge on any atom is 0.244 e. The molecule has 5 heteroatoms. The highest BCUT2D eigenvalue weighted by Crippen LogP contribution is 2.07. The van der Waals surface area contributed by atoms with Crippen molar-refractivity contribution in [2.75, 3.05) is 6.54 Å². The molecule has 1 aliphatic heterocycles. The number of nitrogens with zero attached hydrogens (tertiary/aromatic N) is 1. The number of hydrogen-bond donors (Lipinski definition) is 1. The normalized spacial score (nSPS) is 17.6. The highest BCUT2D eigenvalue weighted by atomic mass is 16.2. The molecule has 0 saturated carbocycles. The molecule has 11 heavy (non-hydrogen) atoms. The Kier molecular flexibility index (Phi) is 2.32. The average Bonchev–Trinajstić information content (AvgIpc) is 2.29. The number of amides is 2. The molecular formula is C6H7N2O3. The van der Waals surface area contributed by atoms with Crippen LogP contribution in [0.15, 0.2) is 0 Å². The third-order valence-electron chi connectivity index (χ3n) is 1.36. The van der Waals surface area contributed by atoms with Gasteiger partial charge in [0.25, 0.3) is 0 Å². The SMILES string of the molecule is O=[C]CNN1C(=O)CCC1=O. The minimum Gasteiger partial charge on any atom is -0.289 e. The quantitative estimate of drug-likeness (QED) is 0.517. The fourth-order valence-electron chi connectivity index (χ4n) is 0.864. The molecule has 0 spiro atoms. The van der Waals surface area contributed by atoms with Crippen LogP contribution in [0.4, 0.5) is 0 Å². The van der Waals surface area contributed by atoms with E-state index in [9.17, 15) is 14.4 Å². The summed E-state index contributed by atoms with van der Waals surface area (Å²) in [6.07, 6.45) is 1.98. The highest BCUT2D eigenvalue weighted by Gasteiger charge is 2.28. The van der Waals surface area contributed by atoms with Gasteiger partial charge in [0.2, 0.25) is 18.1 Å². The van der Waals surface area contributed by atoms with Crippen LogP contribution in [0.2, 0.25) is 0 Å². The molecule has 1 heterocycles. The fraction of sp³-hybridized carbons (Fsp3) is 0.500. The Morgan fingerprint density at radius 1 is 1.36 bits per heavy atom. The van der Waals surface area contributed by atoms with Crippen molar-refractivity contribution in [3.8, 4) is 0 Å². The molecular weight excluding hydrogens is 148 g/mol. The second kappa shape index (κ2) is 3.25. The maximum atomic E-state index is 10.8.